The molecule has 0 bridgehead atoms. The van der Waals surface area contributed by atoms with Crippen molar-refractivity contribution in [3.8, 4) is 0 Å². The van der Waals surface area contributed by atoms with E-state index in [0.717, 1.165) is 17.4 Å². The lowest BCUT2D eigenvalue weighted by atomic mass is 10.1. The molecule has 0 amide bonds. The van der Waals surface area contributed by atoms with Crippen molar-refractivity contribution in [3.05, 3.63) is 18.2 Å². The van der Waals surface area contributed by atoms with Gasteiger partial charge in [-0.25, -0.2) is 4.98 Å². The van der Waals surface area contributed by atoms with Crippen molar-refractivity contribution in [2.45, 2.75) is 45.8 Å². The number of hydrogen-bond donors (Lipinski definition) is 1. The van der Waals surface area contributed by atoms with E-state index in [2.05, 4.69) is 18.8 Å². The monoisotopic (exact) mass is 261 g/mol. The van der Waals surface area contributed by atoms with Gasteiger partial charge in [0.1, 0.15) is 5.82 Å². The van der Waals surface area contributed by atoms with Crippen LogP contribution in [0.1, 0.15) is 39.1 Å². The molecule has 1 aromatic heterocycles. The van der Waals surface area contributed by atoms with Gasteiger partial charge in [-0.15, -0.1) is 0 Å². The second kappa shape index (κ2) is 7.43. The molecule has 0 spiro atoms. The average molecular weight is 261 g/mol. The second-order valence-electron chi connectivity index (χ2n) is 4.19. The lowest BCUT2D eigenvalue weighted by Crippen LogP contribution is -2.37. The van der Waals surface area contributed by atoms with Crippen LogP contribution in [0.5, 0.6) is 0 Å². The first-order chi connectivity index (χ1) is 8.63. The molecule has 18 heavy (non-hydrogen) atoms. The van der Waals surface area contributed by atoms with Crippen LogP contribution >= 0.6 is 0 Å². The molecule has 6 heteroatoms. The minimum absolute atomic E-state index is 0.0197. The van der Waals surface area contributed by atoms with Crippen molar-refractivity contribution < 1.29 is 13.9 Å². The van der Waals surface area contributed by atoms with E-state index in [1.165, 1.54) is 12.4 Å². The number of aliphatic hydroxyl groups excluding tert-OH is 1. The fourth-order valence-corrected chi connectivity index (χ4v) is 2.15. The Bertz CT molecular complexity index is 340. The van der Waals surface area contributed by atoms with Gasteiger partial charge in [-0.2, -0.15) is 8.78 Å². The SMILES string of the molecule is CCC(CC)N(CCO)Cc1nccn1C(F)F. The molecule has 0 aliphatic heterocycles. The second-order valence-corrected chi connectivity index (χ2v) is 4.19. The summed E-state index contributed by atoms with van der Waals surface area (Å²) in [6, 6.07) is 0.278. The summed E-state index contributed by atoms with van der Waals surface area (Å²) in [6.45, 7) is 2.37. The summed E-state index contributed by atoms with van der Waals surface area (Å²) in [5, 5.41) is 9.07. The van der Waals surface area contributed by atoms with E-state index in [1.807, 2.05) is 4.90 Å². The van der Waals surface area contributed by atoms with Crippen LogP contribution in [0.2, 0.25) is 0 Å². The molecule has 0 unspecified atom stereocenters. The van der Waals surface area contributed by atoms with Crippen LogP contribution in [0, 0.1) is 0 Å². The highest BCUT2D eigenvalue weighted by Gasteiger charge is 2.19. The summed E-state index contributed by atoms with van der Waals surface area (Å²) in [6.07, 6.45) is 4.51. The first kappa shape index (κ1) is 15.0. The smallest absolute Gasteiger partial charge is 0.319 e. The number of imidazole rings is 1. The van der Waals surface area contributed by atoms with Gasteiger partial charge in [-0.05, 0) is 12.8 Å². The van der Waals surface area contributed by atoms with Crippen LogP contribution in [-0.4, -0.2) is 38.8 Å². The summed E-state index contributed by atoms with van der Waals surface area (Å²) < 4.78 is 26.3. The summed E-state index contributed by atoms with van der Waals surface area (Å²) in [7, 11) is 0. The van der Waals surface area contributed by atoms with Gasteiger partial charge in [0.2, 0.25) is 0 Å². The van der Waals surface area contributed by atoms with E-state index in [0.29, 0.717) is 18.9 Å². The molecule has 0 saturated carbocycles. The number of alkyl halides is 2. The van der Waals surface area contributed by atoms with Crippen molar-refractivity contribution >= 4 is 0 Å². The van der Waals surface area contributed by atoms with Gasteiger partial charge < -0.3 is 5.11 Å². The fourth-order valence-electron chi connectivity index (χ4n) is 2.15. The molecule has 0 fully saturated rings. The predicted molar refractivity (Wildman–Crippen MR) is 65.3 cm³/mol. The Morgan fingerprint density at radius 3 is 2.56 bits per heavy atom. The van der Waals surface area contributed by atoms with Crippen molar-refractivity contribution in [1.29, 1.82) is 0 Å². The molecule has 104 valence electrons. The Hall–Kier alpha value is -1.01. The van der Waals surface area contributed by atoms with Gasteiger partial charge >= 0.3 is 6.55 Å². The third kappa shape index (κ3) is 3.74. The average Bonchev–Trinajstić information content (AvgIpc) is 2.79. The standard InChI is InChI=1S/C12H21F2N3O/c1-3-10(4-2)16(7-8-18)9-11-15-5-6-17(11)12(13)14/h5-6,10,12,18H,3-4,7-9H2,1-2H3. The van der Waals surface area contributed by atoms with Gasteiger partial charge in [-0.1, -0.05) is 13.8 Å². The molecular weight excluding hydrogens is 240 g/mol. The quantitative estimate of drug-likeness (QED) is 0.780. The maximum absolute atomic E-state index is 12.7. The van der Waals surface area contributed by atoms with Gasteiger partial charge in [0.05, 0.1) is 13.2 Å². The minimum Gasteiger partial charge on any atom is -0.395 e. The molecule has 0 aromatic carbocycles. The topological polar surface area (TPSA) is 41.3 Å². The van der Waals surface area contributed by atoms with E-state index in [1.54, 1.807) is 0 Å². The largest absolute Gasteiger partial charge is 0.395 e. The number of hydrogen-bond acceptors (Lipinski definition) is 3. The molecule has 0 radical (unpaired) electrons. The zero-order chi connectivity index (χ0) is 13.5. The number of rotatable bonds is 8. The van der Waals surface area contributed by atoms with E-state index < -0.39 is 6.55 Å². The first-order valence-electron chi connectivity index (χ1n) is 6.28. The molecule has 1 rings (SSSR count). The minimum atomic E-state index is -2.57. The molecule has 0 aliphatic rings. The van der Waals surface area contributed by atoms with E-state index in [4.69, 9.17) is 5.11 Å². The fraction of sp³-hybridized carbons (Fsp3) is 0.750. The number of nitrogens with zero attached hydrogens (tertiary/aromatic N) is 3. The maximum Gasteiger partial charge on any atom is 0.319 e. The molecule has 1 aromatic rings. The number of aromatic nitrogens is 2. The number of aliphatic hydroxyl groups is 1. The molecule has 1 heterocycles. The Morgan fingerprint density at radius 2 is 2.06 bits per heavy atom. The van der Waals surface area contributed by atoms with Gasteiger partial charge in [0, 0.05) is 25.0 Å². The summed E-state index contributed by atoms with van der Waals surface area (Å²) in [5.74, 6) is 0.338. The zero-order valence-corrected chi connectivity index (χ0v) is 10.9. The summed E-state index contributed by atoms with van der Waals surface area (Å²) in [5.41, 5.74) is 0. The third-order valence-corrected chi connectivity index (χ3v) is 3.15. The Labute approximate surface area is 106 Å². The highest BCUT2D eigenvalue weighted by molar-refractivity contribution is 4.93. The first-order valence-corrected chi connectivity index (χ1v) is 6.28. The van der Waals surface area contributed by atoms with Crippen LogP contribution in [0.4, 0.5) is 8.78 Å². The third-order valence-electron chi connectivity index (χ3n) is 3.15. The van der Waals surface area contributed by atoms with Crippen LogP contribution < -0.4 is 0 Å². The van der Waals surface area contributed by atoms with Gasteiger partial charge in [0.15, 0.2) is 0 Å². The predicted octanol–water partition coefficient (Wildman–Crippen LogP) is 2.26. The molecule has 0 atom stereocenters. The Morgan fingerprint density at radius 1 is 1.39 bits per heavy atom. The molecule has 4 nitrogen and oxygen atoms in total. The molecule has 1 N–H and O–H groups in total. The van der Waals surface area contributed by atoms with Crippen LogP contribution in [-0.2, 0) is 6.54 Å². The van der Waals surface area contributed by atoms with Crippen molar-refractivity contribution in [2.75, 3.05) is 13.2 Å². The summed E-state index contributed by atoms with van der Waals surface area (Å²) >= 11 is 0. The van der Waals surface area contributed by atoms with Crippen molar-refractivity contribution in [3.63, 3.8) is 0 Å². The van der Waals surface area contributed by atoms with Gasteiger partial charge in [0.25, 0.3) is 0 Å². The lowest BCUT2D eigenvalue weighted by molar-refractivity contribution is 0.0601. The summed E-state index contributed by atoms with van der Waals surface area (Å²) in [4.78, 5) is 5.97. The van der Waals surface area contributed by atoms with Crippen molar-refractivity contribution in [1.82, 2.24) is 14.5 Å². The molecule has 0 aliphatic carbocycles. The molecule has 0 saturated heterocycles. The van der Waals surface area contributed by atoms with E-state index in [-0.39, 0.29) is 12.6 Å². The Kier molecular flexibility index (Phi) is 6.21. The van der Waals surface area contributed by atoms with Crippen LogP contribution in [0.15, 0.2) is 12.4 Å². The number of halogens is 2. The van der Waals surface area contributed by atoms with Gasteiger partial charge in [-0.3, -0.25) is 9.47 Å². The van der Waals surface area contributed by atoms with E-state index >= 15 is 0 Å². The maximum atomic E-state index is 12.7. The van der Waals surface area contributed by atoms with Crippen LogP contribution in [0.25, 0.3) is 0 Å². The highest BCUT2D eigenvalue weighted by atomic mass is 19.3. The zero-order valence-electron chi connectivity index (χ0n) is 10.9. The lowest BCUT2D eigenvalue weighted by Gasteiger charge is -2.29. The molecular formula is C12H21F2N3O. The van der Waals surface area contributed by atoms with Crippen LogP contribution in [0.3, 0.4) is 0 Å². The highest BCUT2D eigenvalue weighted by Crippen LogP contribution is 2.16. The van der Waals surface area contributed by atoms with E-state index in [9.17, 15) is 8.78 Å². The Balaban J connectivity index is 2.79. The van der Waals surface area contributed by atoms with Crippen molar-refractivity contribution in [2.24, 2.45) is 0 Å². The normalized spacial score (nSPS) is 12.0.